The maximum Gasteiger partial charge on any atom is 0.200 e. The molecule has 0 spiro atoms. The van der Waals surface area contributed by atoms with Crippen molar-refractivity contribution in [3.8, 4) is 0 Å². The first kappa shape index (κ1) is 10.8. The second-order valence-electron chi connectivity index (χ2n) is 3.38. The van der Waals surface area contributed by atoms with Gasteiger partial charge in [-0.1, -0.05) is 11.6 Å². The van der Waals surface area contributed by atoms with Crippen LogP contribution >= 0.6 is 11.6 Å². The van der Waals surface area contributed by atoms with E-state index in [4.69, 9.17) is 11.6 Å². The number of aliphatic imine (C=N–C) groups is 1. The van der Waals surface area contributed by atoms with E-state index >= 15 is 0 Å². The molecule has 2 rings (SSSR count). The smallest absolute Gasteiger partial charge is 0.200 e. The molecule has 0 heterocycles. The molecular weight excluding hydrogens is 226 g/mol. The van der Waals surface area contributed by atoms with Gasteiger partial charge in [-0.05, 0) is 36.4 Å². The Labute approximate surface area is 97.4 Å². The number of hydrogen-bond acceptors (Lipinski definition) is 3. The van der Waals surface area contributed by atoms with E-state index in [1.807, 2.05) is 0 Å². The van der Waals surface area contributed by atoms with Crippen molar-refractivity contribution in [1.29, 1.82) is 0 Å². The highest BCUT2D eigenvalue weighted by Gasteiger charge is 2.17. The lowest BCUT2D eigenvalue weighted by molar-refractivity contribution is -0.116. The minimum Gasteiger partial charge on any atom is -0.294 e. The van der Waals surface area contributed by atoms with Crippen LogP contribution in [0.4, 0.5) is 5.69 Å². The van der Waals surface area contributed by atoms with Crippen LogP contribution in [-0.4, -0.2) is 17.3 Å². The molecule has 1 aromatic rings. The van der Waals surface area contributed by atoms with Crippen LogP contribution in [0, 0.1) is 0 Å². The van der Waals surface area contributed by atoms with Gasteiger partial charge in [0.05, 0.1) is 17.8 Å². The third-order valence-corrected chi connectivity index (χ3v) is 2.39. The van der Waals surface area contributed by atoms with Gasteiger partial charge in [0.15, 0.2) is 5.78 Å². The van der Waals surface area contributed by atoms with E-state index in [-0.39, 0.29) is 23.7 Å². The standard InChI is InChI=1S/C12H8ClNO2/c13-8-1-3-9(4-2-8)14-11-7-10(15)5-6-12(11)16/h1-6H,7H2. The number of carbonyl (C=O) groups is 2. The zero-order chi connectivity index (χ0) is 11.5. The number of ketones is 2. The van der Waals surface area contributed by atoms with E-state index in [9.17, 15) is 9.59 Å². The van der Waals surface area contributed by atoms with Crippen LogP contribution in [0.3, 0.4) is 0 Å². The molecule has 1 aromatic carbocycles. The third-order valence-electron chi connectivity index (χ3n) is 2.14. The zero-order valence-electron chi connectivity index (χ0n) is 8.31. The summed E-state index contributed by atoms with van der Waals surface area (Å²) in [5.41, 5.74) is 0.894. The highest BCUT2D eigenvalue weighted by Crippen LogP contribution is 2.17. The number of rotatable bonds is 1. The van der Waals surface area contributed by atoms with Gasteiger partial charge in [-0.2, -0.15) is 0 Å². The van der Waals surface area contributed by atoms with Gasteiger partial charge in [0.1, 0.15) is 0 Å². The second-order valence-corrected chi connectivity index (χ2v) is 3.81. The summed E-state index contributed by atoms with van der Waals surface area (Å²) in [6.07, 6.45) is 2.60. The first-order valence-electron chi connectivity index (χ1n) is 4.73. The normalized spacial score (nSPS) is 18.2. The van der Waals surface area contributed by atoms with Crippen LogP contribution in [0.2, 0.25) is 5.02 Å². The minimum absolute atomic E-state index is 0.0674. The Hall–Kier alpha value is -1.74. The number of benzene rings is 1. The molecule has 0 amide bonds. The summed E-state index contributed by atoms with van der Waals surface area (Å²) in [6, 6.07) is 6.77. The number of carbonyl (C=O) groups excluding carboxylic acids is 2. The van der Waals surface area contributed by atoms with E-state index in [1.54, 1.807) is 24.3 Å². The summed E-state index contributed by atoms with van der Waals surface area (Å²) in [5.74, 6) is -0.318. The van der Waals surface area contributed by atoms with Crippen molar-refractivity contribution in [3.63, 3.8) is 0 Å². The maximum absolute atomic E-state index is 11.4. The Morgan fingerprint density at radius 2 is 1.75 bits per heavy atom. The molecule has 16 heavy (non-hydrogen) atoms. The minimum atomic E-state index is -0.213. The van der Waals surface area contributed by atoms with Crippen molar-refractivity contribution in [2.75, 3.05) is 0 Å². The van der Waals surface area contributed by atoms with Gasteiger partial charge < -0.3 is 0 Å². The Morgan fingerprint density at radius 3 is 2.44 bits per heavy atom. The predicted octanol–water partition coefficient (Wildman–Crippen LogP) is 2.51. The molecule has 80 valence electrons. The van der Waals surface area contributed by atoms with Gasteiger partial charge in [0.25, 0.3) is 0 Å². The summed E-state index contributed by atoms with van der Waals surface area (Å²) in [6.45, 7) is 0. The Morgan fingerprint density at radius 1 is 1.06 bits per heavy atom. The fourth-order valence-electron chi connectivity index (χ4n) is 1.34. The molecule has 0 N–H and O–H groups in total. The van der Waals surface area contributed by atoms with Gasteiger partial charge in [0.2, 0.25) is 5.78 Å². The van der Waals surface area contributed by atoms with Gasteiger partial charge in [0, 0.05) is 5.02 Å². The monoisotopic (exact) mass is 233 g/mol. The first-order valence-corrected chi connectivity index (χ1v) is 5.11. The summed E-state index contributed by atoms with van der Waals surface area (Å²) in [5, 5.41) is 0.606. The molecule has 4 heteroatoms. The average molecular weight is 234 g/mol. The van der Waals surface area contributed by atoms with Gasteiger partial charge in [-0.25, -0.2) is 4.99 Å². The SMILES string of the molecule is O=C1C=CC(=O)C(=Nc2ccc(Cl)cc2)C1. The third kappa shape index (κ3) is 2.44. The molecule has 0 bridgehead atoms. The Bertz CT molecular complexity index is 500. The quantitative estimate of drug-likeness (QED) is 0.748. The number of hydrogen-bond donors (Lipinski definition) is 0. The topological polar surface area (TPSA) is 46.5 Å². The van der Waals surface area contributed by atoms with E-state index in [0.29, 0.717) is 10.7 Å². The van der Waals surface area contributed by atoms with Crippen molar-refractivity contribution in [2.45, 2.75) is 6.42 Å². The zero-order valence-corrected chi connectivity index (χ0v) is 9.07. The van der Waals surface area contributed by atoms with Crippen LogP contribution in [0.25, 0.3) is 0 Å². The second kappa shape index (κ2) is 4.41. The van der Waals surface area contributed by atoms with Crippen LogP contribution < -0.4 is 0 Å². The highest BCUT2D eigenvalue weighted by molar-refractivity contribution is 6.49. The molecule has 3 nitrogen and oxygen atoms in total. The van der Waals surface area contributed by atoms with Gasteiger partial charge in [-0.15, -0.1) is 0 Å². The van der Waals surface area contributed by atoms with Gasteiger partial charge >= 0.3 is 0 Å². The Kier molecular flexibility index (Phi) is 2.97. The number of allylic oxidation sites excluding steroid dienone is 2. The molecule has 0 saturated carbocycles. The summed E-state index contributed by atoms with van der Waals surface area (Å²) >= 11 is 5.73. The fourth-order valence-corrected chi connectivity index (χ4v) is 1.47. The first-order chi connectivity index (χ1) is 7.65. The van der Waals surface area contributed by atoms with Crippen LogP contribution in [-0.2, 0) is 9.59 Å². The van der Waals surface area contributed by atoms with Crippen molar-refractivity contribution < 1.29 is 9.59 Å². The molecule has 0 radical (unpaired) electrons. The molecule has 0 fully saturated rings. The maximum atomic E-state index is 11.4. The van der Waals surface area contributed by atoms with E-state index in [2.05, 4.69) is 4.99 Å². The molecule has 1 aliphatic carbocycles. The van der Waals surface area contributed by atoms with Crippen LogP contribution in [0.15, 0.2) is 41.4 Å². The lowest BCUT2D eigenvalue weighted by Gasteiger charge is -2.05. The van der Waals surface area contributed by atoms with Crippen molar-refractivity contribution in [3.05, 3.63) is 41.4 Å². The molecule has 0 aromatic heterocycles. The number of halogens is 1. The number of nitrogens with zero attached hydrogens (tertiary/aromatic N) is 1. The molecule has 0 atom stereocenters. The summed E-state index contributed by atoms with van der Waals surface area (Å²) < 4.78 is 0. The van der Waals surface area contributed by atoms with Crippen molar-refractivity contribution in [1.82, 2.24) is 0 Å². The van der Waals surface area contributed by atoms with Crippen LogP contribution in [0.5, 0.6) is 0 Å². The largest absolute Gasteiger partial charge is 0.294 e. The van der Waals surface area contributed by atoms with E-state index in [1.165, 1.54) is 12.2 Å². The lowest BCUT2D eigenvalue weighted by Crippen LogP contribution is -2.19. The Balaban J connectivity index is 2.30. The summed E-state index contributed by atoms with van der Waals surface area (Å²) in [7, 11) is 0. The highest BCUT2D eigenvalue weighted by atomic mass is 35.5. The van der Waals surface area contributed by atoms with Crippen molar-refractivity contribution in [2.24, 2.45) is 4.99 Å². The molecule has 0 saturated heterocycles. The van der Waals surface area contributed by atoms with Crippen LogP contribution in [0.1, 0.15) is 6.42 Å². The molecular formula is C12H8ClNO2. The van der Waals surface area contributed by atoms with E-state index < -0.39 is 0 Å². The van der Waals surface area contributed by atoms with E-state index in [0.717, 1.165) is 0 Å². The van der Waals surface area contributed by atoms with Gasteiger partial charge in [-0.3, -0.25) is 9.59 Å². The average Bonchev–Trinajstić information content (AvgIpc) is 2.27. The fraction of sp³-hybridized carbons (Fsp3) is 0.0833. The molecule has 1 aliphatic rings. The summed E-state index contributed by atoms with van der Waals surface area (Å²) in [4.78, 5) is 26.7. The lowest BCUT2D eigenvalue weighted by atomic mass is 10.0. The predicted molar refractivity (Wildman–Crippen MR) is 62.3 cm³/mol. The molecule has 0 unspecified atom stereocenters. The van der Waals surface area contributed by atoms with Crippen molar-refractivity contribution >= 4 is 34.6 Å². The molecule has 0 aliphatic heterocycles.